The van der Waals surface area contributed by atoms with Gasteiger partial charge in [0.05, 0.1) is 0 Å². The molecule has 0 saturated carbocycles. The van der Waals surface area contributed by atoms with Gasteiger partial charge in [0.25, 0.3) is 0 Å². The quantitative estimate of drug-likeness (QED) is 0.909. The van der Waals surface area contributed by atoms with E-state index in [4.69, 9.17) is 10.5 Å². The van der Waals surface area contributed by atoms with E-state index in [0.717, 1.165) is 17.7 Å². The number of nitrogens with two attached hydrogens (primary N) is 1. The molecule has 2 N–H and O–H groups in total. The van der Waals surface area contributed by atoms with Crippen LogP contribution in [0.2, 0.25) is 0 Å². The number of ether oxygens (including phenoxy) is 1. The molecule has 1 aliphatic heterocycles. The van der Waals surface area contributed by atoms with Crippen molar-refractivity contribution < 1.29 is 9.53 Å². The van der Waals surface area contributed by atoms with E-state index in [0.29, 0.717) is 13.1 Å². The van der Waals surface area contributed by atoms with Crippen LogP contribution in [0.25, 0.3) is 0 Å². The molecular weight excluding hydrogens is 266 g/mol. The molecule has 2 unspecified atom stereocenters. The summed E-state index contributed by atoms with van der Waals surface area (Å²) in [5.74, 6) is 0.252. The Labute approximate surface area is 126 Å². The zero-order chi connectivity index (χ0) is 15.6. The van der Waals surface area contributed by atoms with Gasteiger partial charge in [-0.2, -0.15) is 0 Å². The molecule has 0 radical (unpaired) electrons. The number of aromatic nitrogens is 1. The summed E-state index contributed by atoms with van der Waals surface area (Å²) in [4.78, 5) is 18.1. The Balaban J connectivity index is 1.95. The Morgan fingerprint density at radius 2 is 2.19 bits per heavy atom. The number of nitrogens with zero attached hydrogens (tertiary/aromatic N) is 2. The van der Waals surface area contributed by atoms with E-state index in [1.807, 2.05) is 46.0 Å². The van der Waals surface area contributed by atoms with Crippen LogP contribution in [0.3, 0.4) is 0 Å². The molecule has 21 heavy (non-hydrogen) atoms. The van der Waals surface area contributed by atoms with Gasteiger partial charge in [-0.15, -0.1) is 0 Å². The van der Waals surface area contributed by atoms with E-state index < -0.39 is 5.60 Å². The van der Waals surface area contributed by atoms with E-state index in [1.54, 1.807) is 4.90 Å². The van der Waals surface area contributed by atoms with Crippen LogP contribution in [0.1, 0.15) is 44.5 Å². The van der Waals surface area contributed by atoms with Gasteiger partial charge in [-0.1, -0.05) is 6.07 Å². The molecule has 1 aromatic rings. The standard InChI is InChI=1S/C16H25N3O2/c1-11-5-6-12(9-18-11)14(17)13-7-8-19(10-13)15(20)21-16(2,3)4/h5-6,9,13-14H,7-8,10,17H2,1-4H3. The maximum absolute atomic E-state index is 12.1. The highest BCUT2D eigenvalue weighted by Gasteiger charge is 2.33. The van der Waals surface area contributed by atoms with Crippen molar-refractivity contribution in [2.75, 3.05) is 13.1 Å². The minimum Gasteiger partial charge on any atom is -0.444 e. The first-order valence-electron chi connectivity index (χ1n) is 7.42. The van der Waals surface area contributed by atoms with Crippen molar-refractivity contribution in [2.45, 2.75) is 45.8 Å². The number of carbonyl (C=O) groups is 1. The van der Waals surface area contributed by atoms with E-state index in [-0.39, 0.29) is 18.1 Å². The van der Waals surface area contributed by atoms with Crippen molar-refractivity contribution in [3.8, 4) is 0 Å². The zero-order valence-corrected chi connectivity index (χ0v) is 13.3. The summed E-state index contributed by atoms with van der Waals surface area (Å²) in [5, 5.41) is 0. The lowest BCUT2D eigenvalue weighted by atomic mass is 9.94. The third-order valence-electron chi connectivity index (χ3n) is 3.70. The van der Waals surface area contributed by atoms with Crippen LogP contribution >= 0.6 is 0 Å². The van der Waals surface area contributed by atoms with Gasteiger partial charge in [-0.3, -0.25) is 4.98 Å². The van der Waals surface area contributed by atoms with Gasteiger partial charge >= 0.3 is 6.09 Å². The first-order valence-corrected chi connectivity index (χ1v) is 7.42. The number of pyridine rings is 1. The minimum absolute atomic E-state index is 0.0921. The number of likely N-dealkylation sites (tertiary alicyclic amines) is 1. The summed E-state index contributed by atoms with van der Waals surface area (Å²) in [6, 6.07) is 3.89. The summed E-state index contributed by atoms with van der Waals surface area (Å²) < 4.78 is 5.40. The molecule has 2 rings (SSSR count). The highest BCUT2D eigenvalue weighted by molar-refractivity contribution is 5.68. The van der Waals surface area contributed by atoms with Gasteiger partial charge in [-0.25, -0.2) is 4.79 Å². The topological polar surface area (TPSA) is 68.5 Å². The van der Waals surface area contributed by atoms with Crippen LogP contribution in [0.4, 0.5) is 4.79 Å². The summed E-state index contributed by atoms with van der Waals surface area (Å²) in [7, 11) is 0. The van der Waals surface area contributed by atoms with Gasteiger partial charge in [0, 0.05) is 31.0 Å². The Morgan fingerprint density at radius 3 is 2.76 bits per heavy atom. The number of aryl methyl sites for hydroxylation is 1. The number of hydrogen-bond donors (Lipinski definition) is 1. The maximum atomic E-state index is 12.1. The number of carbonyl (C=O) groups excluding carboxylic acids is 1. The van der Waals surface area contributed by atoms with Gasteiger partial charge in [0.2, 0.25) is 0 Å². The largest absolute Gasteiger partial charge is 0.444 e. The van der Waals surface area contributed by atoms with Crippen molar-refractivity contribution in [3.63, 3.8) is 0 Å². The van der Waals surface area contributed by atoms with Crippen molar-refractivity contribution in [3.05, 3.63) is 29.6 Å². The number of rotatable bonds is 2. The van der Waals surface area contributed by atoms with Crippen LogP contribution in [0.15, 0.2) is 18.3 Å². The van der Waals surface area contributed by atoms with Gasteiger partial charge in [0.1, 0.15) is 5.60 Å². The lowest BCUT2D eigenvalue weighted by Gasteiger charge is -2.25. The normalized spacial score (nSPS) is 20.4. The Kier molecular flexibility index (Phi) is 4.52. The molecule has 1 aliphatic rings. The van der Waals surface area contributed by atoms with E-state index >= 15 is 0 Å². The zero-order valence-electron chi connectivity index (χ0n) is 13.3. The van der Waals surface area contributed by atoms with E-state index in [1.165, 1.54) is 0 Å². The SMILES string of the molecule is Cc1ccc(C(N)C2CCN(C(=O)OC(C)(C)C)C2)cn1. The fourth-order valence-electron chi connectivity index (χ4n) is 2.52. The smallest absolute Gasteiger partial charge is 0.410 e. The fourth-order valence-corrected chi connectivity index (χ4v) is 2.52. The molecule has 2 heterocycles. The van der Waals surface area contributed by atoms with E-state index in [9.17, 15) is 4.79 Å². The van der Waals surface area contributed by atoms with E-state index in [2.05, 4.69) is 4.98 Å². The molecule has 0 bridgehead atoms. The van der Waals surface area contributed by atoms with Crippen molar-refractivity contribution in [1.29, 1.82) is 0 Å². The molecular formula is C16H25N3O2. The Hall–Kier alpha value is -1.62. The lowest BCUT2D eigenvalue weighted by Crippen LogP contribution is -2.36. The van der Waals surface area contributed by atoms with Crippen LogP contribution in [-0.4, -0.2) is 34.7 Å². The second kappa shape index (κ2) is 6.02. The fraction of sp³-hybridized carbons (Fsp3) is 0.625. The predicted octanol–water partition coefficient (Wildman–Crippen LogP) is 2.65. The van der Waals surface area contributed by atoms with Gasteiger partial charge in [-0.05, 0) is 51.7 Å². The van der Waals surface area contributed by atoms with Crippen molar-refractivity contribution >= 4 is 6.09 Å². The van der Waals surface area contributed by atoms with Gasteiger partial charge < -0.3 is 15.4 Å². The first-order chi connectivity index (χ1) is 9.76. The summed E-state index contributed by atoms with van der Waals surface area (Å²) in [6.07, 6.45) is 2.48. The third-order valence-corrected chi connectivity index (χ3v) is 3.70. The molecule has 5 heteroatoms. The van der Waals surface area contributed by atoms with Gasteiger partial charge in [0.15, 0.2) is 0 Å². The molecule has 2 atom stereocenters. The first kappa shape index (κ1) is 15.8. The molecule has 1 amide bonds. The number of amides is 1. The highest BCUT2D eigenvalue weighted by atomic mass is 16.6. The molecule has 1 saturated heterocycles. The predicted molar refractivity (Wildman–Crippen MR) is 81.8 cm³/mol. The summed E-state index contributed by atoms with van der Waals surface area (Å²) >= 11 is 0. The summed E-state index contributed by atoms with van der Waals surface area (Å²) in [5.41, 5.74) is 7.87. The van der Waals surface area contributed by atoms with Crippen LogP contribution in [0, 0.1) is 12.8 Å². The second-order valence-corrected chi connectivity index (χ2v) is 6.73. The van der Waals surface area contributed by atoms with Crippen LogP contribution in [0.5, 0.6) is 0 Å². The molecule has 0 aromatic carbocycles. The second-order valence-electron chi connectivity index (χ2n) is 6.73. The average molecular weight is 291 g/mol. The molecule has 0 spiro atoms. The average Bonchev–Trinajstić information content (AvgIpc) is 2.86. The lowest BCUT2D eigenvalue weighted by molar-refractivity contribution is 0.0286. The van der Waals surface area contributed by atoms with Crippen molar-refractivity contribution in [1.82, 2.24) is 9.88 Å². The monoisotopic (exact) mass is 291 g/mol. The van der Waals surface area contributed by atoms with Crippen LogP contribution in [-0.2, 0) is 4.74 Å². The molecule has 5 nitrogen and oxygen atoms in total. The Morgan fingerprint density at radius 1 is 1.48 bits per heavy atom. The maximum Gasteiger partial charge on any atom is 0.410 e. The van der Waals surface area contributed by atoms with Crippen molar-refractivity contribution in [2.24, 2.45) is 11.7 Å². The molecule has 0 aliphatic carbocycles. The highest BCUT2D eigenvalue weighted by Crippen LogP contribution is 2.28. The molecule has 116 valence electrons. The minimum atomic E-state index is -0.460. The number of hydrogen-bond acceptors (Lipinski definition) is 4. The Bertz CT molecular complexity index is 493. The molecule has 1 fully saturated rings. The molecule has 1 aromatic heterocycles. The third kappa shape index (κ3) is 4.17. The van der Waals surface area contributed by atoms with Crippen LogP contribution < -0.4 is 5.73 Å². The summed E-state index contributed by atoms with van der Waals surface area (Å²) in [6.45, 7) is 8.93.